The highest BCUT2D eigenvalue weighted by Crippen LogP contribution is 2.33. The molecule has 0 aromatic heterocycles. The van der Waals surface area contributed by atoms with Gasteiger partial charge in [-0.25, -0.2) is 0 Å². The molecule has 2 aliphatic rings. The summed E-state index contributed by atoms with van der Waals surface area (Å²) in [5.41, 5.74) is 1.91. The molecule has 24 nitrogen and oxygen atoms in total. The van der Waals surface area contributed by atoms with Crippen LogP contribution in [0.25, 0.3) is 0 Å². The van der Waals surface area contributed by atoms with Crippen LogP contribution in [0.3, 0.4) is 0 Å². The fourth-order valence-electron chi connectivity index (χ4n) is 16.0. The van der Waals surface area contributed by atoms with E-state index in [4.69, 9.17) is 18.9 Å². The molecule has 8 amide bonds. The first-order chi connectivity index (χ1) is 51.3. The van der Waals surface area contributed by atoms with E-state index in [0.29, 0.717) is 38.8 Å². The van der Waals surface area contributed by atoms with Gasteiger partial charge in [0.25, 0.3) is 0 Å². The first-order valence-corrected chi connectivity index (χ1v) is 40.2. The molecule has 618 valence electrons. The third kappa shape index (κ3) is 27.3. The summed E-state index contributed by atoms with van der Waals surface area (Å²) in [6.45, 7) is 35.6. The summed E-state index contributed by atoms with van der Waals surface area (Å²) >= 11 is 0. The smallest absolute Gasteiger partial charge is 0.245 e. The summed E-state index contributed by atoms with van der Waals surface area (Å²) in [7, 11) is 15.1. The van der Waals surface area contributed by atoms with Crippen LogP contribution in [-0.2, 0) is 79.7 Å². The molecule has 2 aliphatic heterocycles. The number of carbonyl (C=O) groups excluding carboxylic acids is 10. The molecule has 0 unspecified atom stereocenters. The molecule has 2 heterocycles. The molecule has 5 N–H and O–H groups in total. The number of hydrogen-bond donors (Lipinski definition) is 5. The van der Waals surface area contributed by atoms with Gasteiger partial charge in [0, 0.05) is 67.5 Å². The molecule has 2 fully saturated rings. The number of amides is 8. The maximum Gasteiger partial charge on any atom is 0.245 e. The average molecular weight is 1530 g/mol. The zero-order chi connectivity index (χ0) is 82.6. The van der Waals surface area contributed by atoms with Crippen molar-refractivity contribution >= 4 is 58.8 Å². The third-order valence-electron chi connectivity index (χ3n) is 22.7. The number of Topliss-reactive ketones (excluding diaryl/α,β-unsaturated/α-hetero) is 2. The van der Waals surface area contributed by atoms with Gasteiger partial charge in [-0.1, -0.05) is 198 Å². The summed E-state index contributed by atoms with van der Waals surface area (Å²) in [6, 6.07) is 13.8. The maximum absolute atomic E-state index is 14.3. The van der Waals surface area contributed by atoms with E-state index in [-0.39, 0.29) is 131 Å². The van der Waals surface area contributed by atoms with Gasteiger partial charge in [-0.05, 0) is 106 Å². The number of benzene rings is 2. The van der Waals surface area contributed by atoms with Crippen molar-refractivity contribution in [3.63, 3.8) is 0 Å². The van der Waals surface area contributed by atoms with Gasteiger partial charge in [-0.2, -0.15) is 0 Å². The number of nitrogens with zero attached hydrogens (tertiary/aromatic N) is 5. The predicted molar refractivity (Wildman–Crippen MR) is 430 cm³/mol. The second-order valence-corrected chi connectivity index (χ2v) is 32.9. The standard InChI is InChI=1S/C43H73N5O7.C42H71N5O7/c1-15-29(8)38(47(12)43(53)36(26(2)3)45-42(52)37(27(4)5)46(10)11)34(54-13)25-35(49)48-23-19-22-33(48)40(55-14)30(9)41(51)44-32(39(50)28(6)7)24-31-20-17-16-18-21-31;1-14-28(8)37(46(11)42(52)36(26(4)5)45-41(51)35(43-10)25(2)3)33(53-12)24-34(48)47-22-18-21-32(47)39(54-13)29(9)40(50)44-31(38(49)27(6)7)23-30-19-16-15-17-20-30/h16-18,20-21,26-30,32-34,36-38,40H,15,19,22-25H2,1-14H3,(H,44,51)(H,45,52);15-17,19-20,25-29,31-33,35-37,39,43H,14,18,21-24H2,1-13H3,(H,44,50)(H,45,51)/t29-,30+,32-,33-,34+,36-,37-,38-,40+;28-,29+,31-,32-,33+,35-,36-,37-,39+/m00/s1. The highest BCUT2D eigenvalue weighted by atomic mass is 16.5. The Bertz CT molecular complexity index is 3140. The minimum Gasteiger partial charge on any atom is -0.379 e. The Kier molecular flexibility index (Phi) is 41.6. The molecule has 0 spiro atoms. The molecular formula is C85H144N10O14. The van der Waals surface area contributed by atoms with Crippen molar-refractivity contribution in [2.45, 2.75) is 274 Å². The minimum absolute atomic E-state index is 0.0204. The first-order valence-electron chi connectivity index (χ1n) is 40.2. The predicted octanol–water partition coefficient (Wildman–Crippen LogP) is 8.83. The van der Waals surface area contributed by atoms with E-state index in [1.165, 1.54) is 0 Å². The number of likely N-dealkylation sites (N-methyl/N-ethyl adjacent to an activating group) is 4. The number of ether oxygens (including phenoxy) is 4. The Morgan fingerprint density at radius 2 is 0.789 bits per heavy atom. The van der Waals surface area contributed by atoms with Crippen molar-refractivity contribution in [3.8, 4) is 0 Å². The molecule has 0 saturated carbocycles. The molecule has 2 saturated heterocycles. The topological polar surface area (TPSA) is 284 Å². The fraction of sp³-hybridized carbons (Fsp3) is 0.741. The van der Waals surface area contributed by atoms with Crippen LogP contribution in [0.4, 0.5) is 0 Å². The van der Waals surface area contributed by atoms with Crippen LogP contribution >= 0.6 is 0 Å². The molecule has 0 bridgehead atoms. The van der Waals surface area contributed by atoms with Crippen LogP contribution in [0.1, 0.15) is 187 Å². The highest BCUT2D eigenvalue weighted by molar-refractivity contribution is 5.93. The molecule has 109 heavy (non-hydrogen) atoms. The summed E-state index contributed by atoms with van der Waals surface area (Å²) < 4.78 is 24.0. The van der Waals surface area contributed by atoms with Crippen molar-refractivity contribution in [2.75, 3.05) is 76.8 Å². The Morgan fingerprint density at radius 1 is 0.450 bits per heavy atom. The number of ketones is 2. The number of hydrogen-bond acceptors (Lipinski definition) is 16. The van der Waals surface area contributed by atoms with Crippen LogP contribution < -0.4 is 26.6 Å². The van der Waals surface area contributed by atoms with Gasteiger partial charge in [-0.3, -0.25) is 52.8 Å². The second kappa shape index (κ2) is 47.0. The second-order valence-electron chi connectivity index (χ2n) is 32.9. The van der Waals surface area contributed by atoms with Crippen LogP contribution in [0.15, 0.2) is 60.7 Å². The molecule has 2 aromatic rings. The summed E-state index contributed by atoms with van der Waals surface area (Å²) in [5.74, 6) is -4.05. The Balaban J connectivity index is 0.000000565. The first kappa shape index (κ1) is 96.5. The van der Waals surface area contributed by atoms with Crippen LogP contribution in [0.2, 0.25) is 0 Å². The molecule has 0 aliphatic carbocycles. The number of carbonyl (C=O) groups is 10. The van der Waals surface area contributed by atoms with Gasteiger partial charge in [0.05, 0.1) is 97.4 Å². The normalized spacial score (nSPS) is 19.1. The highest BCUT2D eigenvalue weighted by Gasteiger charge is 2.47. The monoisotopic (exact) mass is 1530 g/mol. The van der Waals surface area contributed by atoms with Crippen molar-refractivity contribution in [1.29, 1.82) is 0 Å². The fourth-order valence-corrected chi connectivity index (χ4v) is 16.0. The SMILES string of the molecule is CC[C@H](C)[C@@H]([C@@H](CC(=O)N1CCC[C@H]1[C@H](OC)[C@@H](C)C(=O)N[C@@H](Cc1ccccc1)C(=O)C(C)C)OC)N(C)C(=O)[C@@H](NC(=O)[C@@H](NC)C(C)C)C(C)C.CC[C@H](C)[C@@H]([C@@H](CC(=O)N1CCC[C@H]1[C@H](OC)[C@@H](C)C(=O)N[C@@H](Cc1ccccc1)C(=O)C(C)C)OC)N(C)C(=O)[C@@H](NC(=O)[C@H](C(C)C)N(C)C)C(C)C. The molecule has 4 rings (SSSR count). The van der Waals surface area contributed by atoms with Gasteiger partial charge in [-0.15, -0.1) is 0 Å². The number of methoxy groups -OCH3 is 4. The maximum atomic E-state index is 14.3. The van der Waals surface area contributed by atoms with E-state index in [1.807, 2.05) is 190 Å². The molecule has 24 heteroatoms. The van der Waals surface area contributed by atoms with E-state index in [2.05, 4.69) is 26.6 Å². The van der Waals surface area contributed by atoms with E-state index in [1.54, 1.807) is 83.0 Å². The van der Waals surface area contributed by atoms with E-state index < -0.39 is 84.6 Å². The average Bonchev–Trinajstić information content (AvgIpc) is 1.79. The molecule has 0 radical (unpaired) electrons. The number of likely N-dealkylation sites (tertiary alicyclic amines) is 2. The summed E-state index contributed by atoms with van der Waals surface area (Å²) in [6.07, 6.45) is 2.61. The molecule has 18 atom stereocenters. The third-order valence-corrected chi connectivity index (χ3v) is 22.7. The Hall–Kier alpha value is -6.70. The zero-order valence-corrected chi connectivity index (χ0v) is 71.6. The molecular weight excluding hydrogens is 1380 g/mol. The number of rotatable bonds is 44. The number of nitrogens with one attached hydrogen (secondary N) is 5. The quantitative estimate of drug-likeness (QED) is 0.0414. The minimum atomic E-state index is -0.766. The van der Waals surface area contributed by atoms with Crippen molar-refractivity contribution in [1.82, 2.24) is 51.1 Å². The van der Waals surface area contributed by atoms with Gasteiger partial charge in [0.15, 0.2) is 11.6 Å². The molecule has 2 aromatic carbocycles. The van der Waals surface area contributed by atoms with Crippen molar-refractivity contribution in [3.05, 3.63) is 71.8 Å². The zero-order valence-electron chi connectivity index (χ0n) is 71.6. The van der Waals surface area contributed by atoms with Crippen molar-refractivity contribution in [2.24, 2.45) is 59.2 Å². The Morgan fingerprint density at radius 3 is 1.06 bits per heavy atom. The van der Waals surface area contributed by atoms with Crippen LogP contribution in [0, 0.1) is 59.2 Å². The lowest BCUT2D eigenvalue weighted by Crippen LogP contribution is -2.59. The van der Waals surface area contributed by atoms with Gasteiger partial charge < -0.3 is 65.1 Å². The Labute approximate surface area is 655 Å². The van der Waals surface area contributed by atoms with Gasteiger partial charge >= 0.3 is 0 Å². The van der Waals surface area contributed by atoms with E-state index in [0.717, 1.165) is 36.8 Å². The van der Waals surface area contributed by atoms with Crippen molar-refractivity contribution < 1.29 is 66.9 Å². The van der Waals surface area contributed by atoms with E-state index in [9.17, 15) is 47.9 Å². The van der Waals surface area contributed by atoms with Crippen LogP contribution in [0.5, 0.6) is 0 Å². The lowest BCUT2D eigenvalue weighted by molar-refractivity contribution is -0.148. The van der Waals surface area contributed by atoms with Gasteiger partial charge in [0.2, 0.25) is 47.3 Å². The van der Waals surface area contributed by atoms with Crippen LogP contribution in [-0.4, -0.2) is 245 Å². The summed E-state index contributed by atoms with van der Waals surface area (Å²) in [4.78, 5) is 146. The summed E-state index contributed by atoms with van der Waals surface area (Å²) in [5, 5.41) is 15.1. The lowest BCUT2D eigenvalue weighted by atomic mass is 9.89. The van der Waals surface area contributed by atoms with E-state index >= 15 is 0 Å². The van der Waals surface area contributed by atoms with Gasteiger partial charge in [0.1, 0.15) is 12.1 Å². The lowest BCUT2D eigenvalue weighted by Gasteiger charge is -2.41. The largest absolute Gasteiger partial charge is 0.379 e.